The van der Waals surface area contributed by atoms with Crippen molar-refractivity contribution in [1.29, 1.82) is 0 Å². The number of rotatable bonds is 4. The van der Waals surface area contributed by atoms with Gasteiger partial charge in [0.2, 0.25) is 5.91 Å². The van der Waals surface area contributed by atoms with Gasteiger partial charge >= 0.3 is 0 Å². The molecule has 1 saturated heterocycles. The van der Waals surface area contributed by atoms with Gasteiger partial charge in [-0.25, -0.2) is 0 Å². The summed E-state index contributed by atoms with van der Waals surface area (Å²) in [4.78, 5) is 11.9. The summed E-state index contributed by atoms with van der Waals surface area (Å²) in [6.45, 7) is 3.88. The van der Waals surface area contributed by atoms with E-state index in [1.54, 1.807) is 0 Å². The molecule has 4 heteroatoms. The number of amides is 1. The van der Waals surface area contributed by atoms with Crippen LogP contribution < -0.4 is 11.1 Å². The molecule has 1 unspecified atom stereocenters. The van der Waals surface area contributed by atoms with E-state index in [2.05, 4.69) is 5.32 Å². The molecule has 3 N–H and O–H groups in total. The summed E-state index contributed by atoms with van der Waals surface area (Å²) in [7, 11) is 0. The summed E-state index contributed by atoms with van der Waals surface area (Å²) >= 11 is 0. The van der Waals surface area contributed by atoms with Crippen molar-refractivity contribution in [3.05, 3.63) is 35.4 Å². The van der Waals surface area contributed by atoms with Crippen molar-refractivity contribution in [3.63, 3.8) is 0 Å². The minimum atomic E-state index is -0.200. The van der Waals surface area contributed by atoms with E-state index in [-0.39, 0.29) is 11.4 Å². The summed E-state index contributed by atoms with van der Waals surface area (Å²) in [5.74, 6) is 0.0449. The molecule has 2 rings (SSSR count). The SMILES string of the molecule is CC1(NC(=O)Cc2ccc(CN)cc2)CCOC1. The monoisotopic (exact) mass is 248 g/mol. The van der Waals surface area contributed by atoms with E-state index in [0.717, 1.165) is 24.2 Å². The van der Waals surface area contributed by atoms with Crippen molar-refractivity contribution in [2.75, 3.05) is 13.2 Å². The van der Waals surface area contributed by atoms with E-state index < -0.39 is 0 Å². The van der Waals surface area contributed by atoms with Crippen LogP contribution in [0.25, 0.3) is 0 Å². The van der Waals surface area contributed by atoms with Gasteiger partial charge in [-0.3, -0.25) is 4.79 Å². The number of nitrogens with two attached hydrogens (primary N) is 1. The first-order chi connectivity index (χ1) is 8.61. The van der Waals surface area contributed by atoms with Crippen LogP contribution in [0.5, 0.6) is 0 Å². The average Bonchev–Trinajstić information content (AvgIpc) is 2.76. The van der Waals surface area contributed by atoms with E-state index in [0.29, 0.717) is 19.6 Å². The van der Waals surface area contributed by atoms with Gasteiger partial charge in [-0.1, -0.05) is 24.3 Å². The van der Waals surface area contributed by atoms with Crippen molar-refractivity contribution < 1.29 is 9.53 Å². The Labute approximate surface area is 108 Å². The van der Waals surface area contributed by atoms with Crippen LogP contribution in [0.15, 0.2) is 24.3 Å². The van der Waals surface area contributed by atoms with Crippen LogP contribution in [-0.4, -0.2) is 24.7 Å². The zero-order valence-corrected chi connectivity index (χ0v) is 10.7. The Kier molecular flexibility index (Phi) is 3.99. The fraction of sp³-hybridized carbons (Fsp3) is 0.500. The highest BCUT2D eigenvalue weighted by Crippen LogP contribution is 2.17. The summed E-state index contributed by atoms with van der Waals surface area (Å²) in [5.41, 5.74) is 7.42. The van der Waals surface area contributed by atoms with Crippen LogP contribution in [0.4, 0.5) is 0 Å². The number of hydrogen-bond acceptors (Lipinski definition) is 3. The second-order valence-electron chi connectivity index (χ2n) is 5.11. The first kappa shape index (κ1) is 13.1. The predicted octanol–water partition coefficient (Wildman–Crippen LogP) is 0.983. The Morgan fingerprint density at radius 2 is 2.06 bits per heavy atom. The number of benzene rings is 1. The van der Waals surface area contributed by atoms with Crippen LogP contribution >= 0.6 is 0 Å². The molecule has 0 radical (unpaired) electrons. The van der Waals surface area contributed by atoms with Gasteiger partial charge in [0.15, 0.2) is 0 Å². The number of ether oxygens (including phenoxy) is 1. The lowest BCUT2D eigenvalue weighted by molar-refractivity contribution is -0.122. The van der Waals surface area contributed by atoms with E-state index in [1.807, 2.05) is 31.2 Å². The summed E-state index contributed by atoms with van der Waals surface area (Å²) in [6, 6.07) is 7.83. The van der Waals surface area contributed by atoms with E-state index in [4.69, 9.17) is 10.5 Å². The average molecular weight is 248 g/mol. The first-order valence-electron chi connectivity index (χ1n) is 6.28. The standard InChI is InChI=1S/C14H20N2O2/c1-14(6-7-18-10-14)16-13(17)8-11-2-4-12(9-15)5-3-11/h2-5H,6-10,15H2,1H3,(H,16,17). The Bertz CT molecular complexity index is 408. The van der Waals surface area contributed by atoms with Crippen molar-refractivity contribution in [1.82, 2.24) is 5.32 Å². The smallest absolute Gasteiger partial charge is 0.224 e. The van der Waals surface area contributed by atoms with Gasteiger partial charge in [0, 0.05) is 13.2 Å². The van der Waals surface area contributed by atoms with Gasteiger partial charge in [0.25, 0.3) is 0 Å². The molecule has 1 aliphatic rings. The van der Waals surface area contributed by atoms with Crippen LogP contribution in [0, 0.1) is 0 Å². The third-order valence-corrected chi connectivity index (χ3v) is 3.28. The van der Waals surface area contributed by atoms with Crippen LogP contribution in [0.3, 0.4) is 0 Å². The molecule has 0 saturated carbocycles. The van der Waals surface area contributed by atoms with Crippen LogP contribution in [-0.2, 0) is 22.5 Å². The Morgan fingerprint density at radius 1 is 1.39 bits per heavy atom. The van der Waals surface area contributed by atoms with Gasteiger partial charge in [-0.2, -0.15) is 0 Å². The second kappa shape index (κ2) is 5.50. The van der Waals surface area contributed by atoms with Gasteiger partial charge in [0.1, 0.15) is 0 Å². The molecule has 98 valence electrons. The Hall–Kier alpha value is -1.39. The molecule has 0 aliphatic carbocycles. The quantitative estimate of drug-likeness (QED) is 0.835. The lowest BCUT2D eigenvalue weighted by Crippen LogP contribution is -2.47. The Morgan fingerprint density at radius 3 is 2.61 bits per heavy atom. The molecule has 1 amide bonds. The third-order valence-electron chi connectivity index (χ3n) is 3.28. The molecule has 4 nitrogen and oxygen atoms in total. The molecular weight excluding hydrogens is 228 g/mol. The minimum absolute atomic E-state index is 0.0449. The molecule has 0 aromatic heterocycles. The van der Waals surface area contributed by atoms with Crippen molar-refractivity contribution in [3.8, 4) is 0 Å². The highest BCUT2D eigenvalue weighted by Gasteiger charge is 2.30. The maximum absolute atomic E-state index is 11.9. The lowest BCUT2D eigenvalue weighted by atomic mass is 10.0. The largest absolute Gasteiger partial charge is 0.379 e. The normalized spacial score (nSPS) is 23.0. The van der Waals surface area contributed by atoms with Crippen molar-refractivity contribution in [2.24, 2.45) is 5.73 Å². The number of nitrogens with one attached hydrogen (secondary N) is 1. The summed E-state index contributed by atoms with van der Waals surface area (Å²) in [5, 5.41) is 3.04. The molecule has 1 atom stereocenters. The number of carbonyl (C=O) groups excluding carboxylic acids is 1. The maximum atomic E-state index is 11.9. The molecule has 1 aromatic carbocycles. The van der Waals surface area contributed by atoms with E-state index >= 15 is 0 Å². The van der Waals surface area contributed by atoms with Gasteiger partial charge in [-0.15, -0.1) is 0 Å². The van der Waals surface area contributed by atoms with Crippen LogP contribution in [0.1, 0.15) is 24.5 Å². The van der Waals surface area contributed by atoms with E-state index in [9.17, 15) is 4.79 Å². The fourth-order valence-electron chi connectivity index (χ4n) is 2.12. The molecule has 1 aromatic rings. The molecule has 1 fully saturated rings. The molecule has 0 spiro atoms. The predicted molar refractivity (Wildman–Crippen MR) is 70.0 cm³/mol. The molecule has 1 aliphatic heterocycles. The zero-order valence-electron chi connectivity index (χ0n) is 10.7. The topological polar surface area (TPSA) is 64.4 Å². The second-order valence-corrected chi connectivity index (χ2v) is 5.11. The summed E-state index contributed by atoms with van der Waals surface area (Å²) < 4.78 is 5.31. The number of carbonyl (C=O) groups is 1. The van der Waals surface area contributed by atoms with Gasteiger partial charge in [0.05, 0.1) is 18.6 Å². The van der Waals surface area contributed by atoms with Gasteiger partial charge < -0.3 is 15.8 Å². The van der Waals surface area contributed by atoms with Crippen LogP contribution in [0.2, 0.25) is 0 Å². The number of hydrogen-bond donors (Lipinski definition) is 2. The fourth-order valence-corrected chi connectivity index (χ4v) is 2.12. The molecular formula is C14H20N2O2. The zero-order chi connectivity index (χ0) is 13.0. The van der Waals surface area contributed by atoms with Crippen molar-refractivity contribution in [2.45, 2.75) is 31.8 Å². The molecule has 1 heterocycles. The minimum Gasteiger partial charge on any atom is -0.379 e. The first-order valence-corrected chi connectivity index (χ1v) is 6.28. The summed E-state index contributed by atoms with van der Waals surface area (Å²) in [6.07, 6.45) is 1.28. The highest BCUT2D eigenvalue weighted by molar-refractivity contribution is 5.79. The van der Waals surface area contributed by atoms with Crippen molar-refractivity contribution >= 4 is 5.91 Å². The van der Waals surface area contributed by atoms with Gasteiger partial charge in [-0.05, 0) is 24.5 Å². The molecule has 0 bridgehead atoms. The molecule has 18 heavy (non-hydrogen) atoms. The lowest BCUT2D eigenvalue weighted by Gasteiger charge is -2.23. The maximum Gasteiger partial charge on any atom is 0.224 e. The third kappa shape index (κ3) is 3.31. The highest BCUT2D eigenvalue weighted by atomic mass is 16.5. The Balaban J connectivity index is 1.90. The van der Waals surface area contributed by atoms with E-state index in [1.165, 1.54) is 0 Å².